The summed E-state index contributed by atoms with van der Waals surface area (Å²) in [7, 11) is 0. The van der Waals surface area contributed by atoms with E-state index < -0.39 is 0 Å². The smallest absolute Gasteiger partial charge is 0.263 e. The van der Waals surface area contributed by atoms with Crippen molar-refractivity contribution < 1.29 is 13.7 Å². The number of fused-ring (bicyclic) bond motifs is 1. The Kier molecular flexibility index (Phi) is 6.99. The van der Waals surface area contributed by atoms with Gasteiger partial charge in [0, 0.05) is 38.2 Å². The predicted molar refractivity (Wildman–Crippen MR) is 148 cm³/mol. The molecule has 0 spiro atoms. The van der Waals surface area contributed by atoms with Crippen LogP contribution >= 0.6 is 0 Å². The van der Waals surface area contributed by atoms with Gasteiger partial charge in [-0.2, -0.15) is 4.98 Å². The van der Waals surface area contributed by atoms with Crippen LogP contribution in [0.1, 0.15) is 23.4 Å². The molecule has 196 valence electrons. The fourth-order valence-electron chi connectivity index (χ4n) is 5.03. The van der Waals surface area contributed by atoms with Crippen LogP contribution in [-0.4, -0.2) is 52.1 Å². The molecule has 0 radical (unpaired) electrons. The van der Waals surface area contributed by atoms with E-state index in [9.17, 15) is 9.18 Å². The number of halogens is 1. The van der Waals surface area contributed by atoms with Crippen LogP contribution in [0.25, 0.3) is 22.4 Å². The van der Waals surface area contributed by atoms with Gasteiger partial charge in [-0.3, -0.25) is 4.79 Å². The molecule has 1 fully saturated rings. The third-order valence-corrected chi connectivity index (χ3v) is 7.03. The molecule has 1 amide bonds. The fraction of sp³-hybridized carbons (Fsp3) is 0.226. The maximum absolute atomic E-state index is 13.3. The van der Waals surface area contributed by atoms with Crippen molar-refractivity contribution in [3.05, 3.63) is 108 Å². The standard InChI is InChI=1S/C31H28FN5O2/c32-25-14-12-23(13-15-25)21-27(38)36-16-7-17-37(19-18-36)30-28-29(24-10-5-2-6-11-24)35-39-31(28)34-26(33-30)20-22-8-3-1-4-9-22/h1-6,8-15H,7,16-21H2. The van der Waals surface area contributed by atoms with E-state index in [1.807, 2.05) is 53.4 Å². The molecule has 3 aromatic carbocycles. The Morgan fingerprint density at radius 2 is 1.56 bits per heavy atom. The average Bonchev–Trinajstić information content (AvgIpc) is 3.23. The number of nitrogens with zero attached hydrogens (tertiary/aromatic N) is 5. The van der Waals surface area contributed by atoms with Gasteiger partial charge < -0.3 is 14.3 Å². The van der Waals surface area contributed by atoms with Gasteiger partial charge in [-0.25, -0.2) is 9.37 Å². The summed E-state index contributed by atoms with van der Waals surface area (Å²) in [5, 5.41) is 5.18. The number of carbonyl (C=O) groups is 1. The van der Waals surface area contributed by atoms with Crippen LogP contribution in [0.3, 0.4) is 0 Å². The van der Waals surface area contributed by atoms with E-state index in [0.717, 1.165) is 40.9 Å². The average molecular weight is 522 g/mol. The van der Waals surface area contributed by atoms with Crippen molar-refractivity contribution >= 4 is 22.8 Å². The second-order valence-corrected chi connectivity index (χ2v) is 9.73. The lowest BCUT2D eigenvalue weighted by Gasteiger charge is -2.24. The molecule has 8 heteroatoms. The van der Waals surface area contributed by atoms with Gasteiger partial charge in [-0.1, -0.05) is 78.0 Å². The Bertz CT molecular complexity index is 1570. The van der Waals surface area contributed by atoms with Crippen LogP contribution in [0.15, 0.2) is 89.5 Å². The van der Waals surface area contributed by atoms with Crippen LogP contribution in [0.2, 0.25) is 0 Å². The molecule has 1 saturated heterocycles. The van der Waals surface area contributed by atoms with Crippen molar-refractivity contribution in [2.45, 2.75) is 19.3 Å². The third kappa shape index (κ3) is 5.50. The summed E-state index contributed by atoms with van der Waals surface area (Å²) in [6.07, 6.45) is 1.62. The monoisotopic (exact) mass is 521 g/mol. The van der Waals surface area contributed by atoms with Gasteiger partial charge in [-0.05, 0) is 29.7 Å². The molecule has 39 heavy (non-hydrogen) atoms. The molecule has 1 aliphatic rings. The summed E-state index contributed by atoms with van der Waals surface area (Å²) >= 11 is 0. The maximum Gasteiger partial charge on any atom is 0.263 e. The Balaban J connectivity index is 1.30. The molecule has 0 unspecified atom stereocenters. The lowest BCUT2D eigenvalue weighted by Crippen LogP contribution is -2.36. The Hall–Kier alpha value is -4.59. The van der Waals surface area contributed by atoms with E-state index in [4.69, 9.17) is 14.5 Å². The van der Waals surface area contributed by atoms with E-state index in [-0.39, 0.29) is 18.1 Å². The highest BCUT2D eigenvalue weighted by Crippen LogP contribution is 2.34. The summed E-state index contributed by atoms with van der Waals surface area (Å²) in [5.74, 6) is 1.17. The highest BCUT2D eigenvalue weighted by molar-refractivity contribution is 5.98. The number of carbonyl (C=O) groups excluding carboxylic acids is 1. The first kappa shape index (κ1) is 24.7. The summed E-state index contributed by atoms with van der Waals surface area (Å²) in [6.45, 7) is 2.56. The zero-order valence-corrected chi connectivity index (χ0v) is 21.5. The van der Waals surface area contributed by atoms with Crippen molar-refractivity contribution in [2.75, 3.05) is 31.1 Å². The number of aromatic nitrogens is 3. The van der Waals surface area contributed by atoms with Gasteiger partial charge in [-0.15, -0.1) is 0 Å². The van der Waals surface area contributed by atoms with E-state index >= 15 is 0 Å². The molecule has 0 saturated carbocycles. The minimum atomic E-state index is -0.303. The van der Waals surface area contributed by atoms with Crippen molar-refractivity contribution in [3.63, 3.8) is 0 Å². The number of amides is 1. The normalized spacial score (nSPS) is 14.0. The Labute approximate surface area is 225 Å². The molecule has 7 nitrogen and oxygen atoms in total. The molecule has 6 rings (SSSR count). The number of hydrogen-bond acceptors (Lipinski definition) is 6. The molecule has 5 aromatic rings. The molecule has 1 aliphatic heterocycles. The number of benzene rings is 3. The molecule has 0 atom stereocenters. The van der Waals surface area contributed by atoms with Crippen LogP contribution in [-0.2, 0) is 17.6 Å². The second kappa shape index (κ2) is 11.0. The van der Waals surface area contributed by atoms with Crippen LogP contribution in [0.4, 0.5) is 10.2 Å². The van der Waals surface area contributed by atoms with Crippen molar-refractivity contribution in [1.82, 2.24) is 20.0 Å². The highest BCUT2D eigenvalue weighted by Gasteiger charge is 2.26. The van der Waals surface area contributed by atoms with Gasteiger partial charge in [0.1, 0.15) is 28.5 Å². The van der Waals surface area contributed by atoms with Gasteiger partial charge in [0.15, 0.2) is 0 Å². The van der Waals surface area contributed by atoms with Crippen LogP contribution < -0.4 is 4.90 Å². The van der Waals surface area contributed by atoms with Gasteiger partial charge >= 0.3 is 0 Å². The first-order valence-corrected chi connectivity index (χ1v) is 13.2. The van der Waals surface area contributed by atoms with Crippen molar-refractivity contribution in [3.8, 4) is 11.3 Å². The molecule has 2 aromatic heterocycles. The largest absolute Gasteiger partial charge is 0.354 e. The molecular formula is C31H28FN5O2. The zero-order chi connectivity index (χ0) is 26.6. The topological polar surface area (TPSA) is 75.4 Å². The van der Waals surface area contributed by atoms with Crippen LogP contribution in [0.5, 0.6) is 0 Å². The Morgan fingerprint density at radius 3 is 2.33 bits per heavy atom. The van der Waals surface area contributed by atoms with Gasteiger partial charge in [0.05, 0.1) is 6.42 Å². The minimum absolute atomic E-state index is 0.0380. The minimum Gasteiger partial charge on any atom is -0.354 e. The third-order valence-electron chi connectivity index (χ3n) is 7.03. The zero-order valence-electron chi connectivity index (χ0n) is 21.5. The van der Waals surface area contributed by atoms with Gasteiger partial charge in [0.25, 0.3) is 5.71 Å². The SMILES string of the molecule is O=C(Cc1ccc(F)cc1)N1CCCN(c2nc(Cc3ccccc3)nc3onc(-c4ccccc4)c23)CC1. The first-order chi connectivity index (χ1) is 19.1. The Morgan fingerprint density at radius 1 is 0.821 bits per heavy atom. The lowest BCUT2D eigenvalue weighted by atomic mass is 10.1. The predicted octanol–water partition coefficient (Wildman–Crippen LogP) is 5.30. The second-order valence-electron chi connectivity index (χ2n) is 9.73. The van der Waals surface area contributed by atoms with Crippen molar-refractivity contribution in [2.24, 2.45) is 0 Å². The molecule has 0 N–H and O–H groups in total. The number of rotatable bonds is 6. The first-order valence-electron chi connectivity index (χ1n) is 13.2. The number of anilines is 1. The summed E-state index contributed by atoms with van der Waals surface area (Å²) in [5.41, 5.74) is 4.02. The van der Waals surface area contributed by atoms with E-state index in [0.29, 0.717) is 43.3 Å². The molecular weight excluding hydrogens is 493 g/mol. The van der Waals surface area contributed by atoms with Crippen molar-refractivity contribution in [1.29, 1.82) is 0 Å². The quantitative estimate of drug-likeness (QED) is 0.302. The fourth-order valence-corrected chi connectivity index (χ4v) is 5.03. The van der Waals surface area contributed by atoms with E-state index in [2.05, 4.69) is 22.2 Å². The van der Waals surface area contributed by atoms with E-state index in [1.165, 1.54) is 12.1 Å². The maximum atomic E-state index is 13.3. The molecule has 0 aliphatic carbocycles. The lowest BCUT2D eigenvalue weighted by molar-refractivity contribution is -0.130. The molecule has 3 heterocycles. The summed E-state index contributed by atoms with van der Waals surface area (Å²) < 4.78 is 19.0. The molecule has 0 bridgehead atoms. The summed E-state index contributed by atoms with van der Waals surface area (Å²) in [4.78, 5) is 27.0. The van der Waals surface area contributed by atoms with E-state index in [1.54, 1.807) is 12.1 Å². The number of hydrogen-bond donors (Lipinski definition) is 0. The van der Waals surface area contributed by atoms with Gasteiger partial charge in [0.2, 0.25) is 5.91 Å². The summed E-state index contributed by atoms with van der Waals surface area (Å²) in [6, 6.07) is 26.1. The highest BCUT2D eigenvalue weighted by atomic mass is 19.1. The van der Waals surface area contributed by atoms with Crippen LogP contribution in [0, 0.1) is 5.82 Å².